The van der Waals surface area contributed by atoms with Crippen LogP contribution in [0.5, 0.6) is 0 Å². The Hall–Kier alpha value is -0.910. The van der Waals surface area contributed by atoms with Gasteiger partial charge in [0.1, 0.15) is 0 Å². The van der Waals surface area contributed by atoms with Crippen molar-refractivity contribution in [2.45, 2.75) is 11.7 Å². The second-order valence-corrected chi connectivity index (χ2v) is 5.88. The Morgan fingerprint density at radius 1 is 1.56 bits per heavy atom. The number of amides is 1. The highest BCUT2D eigenvalue weighted by atomic mass is 35.5. The van der Waals surface area contributed by atoms with Gasteiger partial charge in [-0.25, -0.2) is 0 Å². The number of hydrogen-bond donors (Lipinski definition) is 2. The number of ether oxygens (including phenoxy) is 1. The van der Waals surface area contributed by atoms with Crippen molar-refractivity contribution in [2.75, 3.05) is 30.0 Å². The molecule has 3 N–H and O–H groups in total. The fourth-order valence-corrected chi connectivity index (χ4v) is 2.73. The van der Waals surface area contributed by atoms with Crippen molar-refractivity contribution in [3.63, 3.8) is 0 Å². The van der Waals surface area contributed by atoms with Gasteiger partial charge in [-0.1, -0.05) is 11.6 Å². The molecule has 4 nitrogen and oxygen atoms in total. The molecule has 1 aromatic carbocycles. The van der Waals surface area contributed by atoms with E-state index in [1.54, 1.807) is 30.0 Å². The van der Waals surface area contributed by atoms with Crippen molar-refractivity contribution in [3.8, 4) is 0 Å². The maximum absolute atomic E-state index is 11.7. The quantitative estimate of drug-likeness (QED) is 0.816. The average molecular weight is 287 g/mol. The summed E-state index contributed by atoms with van der Waals surface area (Å²) in [5, 5.41) is 3.79. The fraction of sp³-hybridized carbons (Fsp3) is 0.417. The highest BCUT2D eigenvalue weighted by Gasteiger charge is 2.18. The van der Waals surface area contributed by atoms with E-state index in [1.165, 1.54) is 0 Å². The van der Waals surface area contributed by atoms with Crippen LogP contribution in [-0.2, 0) is 9.53 Å². The van der Waals surface area contributed by atoms with Gasteiger partial charge in [0, 0.05) is 17.9 Å². The summed E-state index contributed by atoms with van der Waals surface area (Å²) in [5.41, 5.74) is 6.77. The zero-order valence-corrected chi connectivity index (χ0v) is 11.4. The highest BCUT2D eigenvalue weighted by Crippen LogP contribution is 2.24. The molecule has 98 valence electrons. The van der Waals surface area contributed by atoms with Crippen LogP contribution in [0.3, 0.4) is 0 Å². The van der Waals surface area contributed by atoms with Gasteiger partial charge in [-0.15, -0.1) is 0 Å². The minimum atomic E-state index is -0.0330. The van der Waals surface area contributed by atoms with Crippen LogP contribution in [0.15, 0.2) is 18.2 Å². The molecule has 1 aromatic rings. The fourth-order valence-electron chi connectivity index (χ4n) is 1.47. The van der Waals surface area contributed by atoms with Crippen LogP contribution in [0.25, 0.3) is 0 Å². The molecule has 0 unspecified atom stereocenters. The lowest BCUT2D eigenvalue weighted by Crippen LogP contribution is -2.30. The molecule has 2 rings (SSSR count). The molecule has 0 spiro atoms. The summed E-state index contributed by atoms with van der Waals surface area (Å²) in [7, 11) is 0. The summed E-state index contributed by atoms with van der Waals surface area (Å²) in [5.74, 6) is 0.765. The molecule has 1 amide bonds. The number of nitrogens with one attached hydrogen (secondary N) is 1. The Labute approximate surface area is 115 Å². The monoisotopic (exact) mass is 286 g/mol. The maximum Gasteiger partial charge on any atom is 0.225 e. The second-order valence-electron chi connectivity index (χ2n) is 4.07. The van der Waals surface area contributed by atoms with E-state index in [0.29, 0.717) is 28.1 Å². The number of rotatable bonds is 5. The lowest BCUT2D eigenvalue weighted by Gasteiger charge is -2.24. The third-order valence-corrected chi connectivity index (χ3v) is 4.05. The summed E-state index contributed by atoms with van der Waals surface area (Å²) in [4.78, 5) is 11.7. The predicted molar refractivity (Wildman–Crippen MR) is 76.2 cm³/mol. The van der Waals surface area contributed by atoms with Gasteiger partial charge in [0.15, 0.2) is 0 Å². The van der Waals surface area contributed by atoms with Gasteiger partial charge in [0.25, 0.3) is 0 Å². The van der Waals surface area contributed by atoms with E-state index < -0.39 is 0 Å². The smallest absolute Gasteiger partial charge is 0.225 e. The molecule has 0 bridgehead atoms. The largest absolute Gasteiger partial charge is 0.399 e. The third kappa shape index (κ3) is 3.80. The number of benzene rings is 1. The number of carbonyl (C=O) groups excluding carboxylic acids is 1. The molecule has 0 atom stereocenters. The van der Waals surface area contributed by atoms with Crippen molar-refractivity contribution in [1.82, 2.24) is 0 Å². The van der Waals surface area contributed by atoms with Crippen LogP contribution in [0, 0.1) is 0 Å². The zero-order chi connectivity index (χ0) is 13.0. The second kappa shape index (κ2) is 6.31. The first-order valence-corrected chi connectivity index (χ1v) is 7.12. The third-order valence-electron chi connectivity index (χ3n) is 2.56. The van der Waals surface area contributed by atoms with Crippen molar-refractivity contribution < 1.29 is 9.53 Å². The number of anilines is 2. The molecule has 1 heterocycles. The van der Waals surface area contributed by atoms with Gasteiger partial charge in [0.2, 0.25) is 5.91 Å². The van der Waals surface area contributed by atoms with Crippen molar-refractivity contribution in [1.29, 1.82) is 0 Å². The number of hydrogen-bond acceptors (Lipinski definition) is 4. The van der Waals surface area contributed by atoms with Crippen LogP contribution in [0.2, 0.25) is 5.02 Å². The minimum Gasteiger partial charge on any atom is -0.399 e. The van der Waals surface area contributed by atoms with E-state index >= 15 is 0 Å². The lowest BCUT2D eigenvalue weighted by atomic mass is 10.3. The summed E-state index contributed by atoms with van der Waals surface area (Å²) in [6.45, 7) is 1.60. The van der Waals surface area contributed by atoms with Crippen LogP contribution in [0.1, 0.15) is 6.42 Å². The molecule has 0 saturated carbocycles. The summed E-state index contributed by atoms with van der Waals surface area (Å²) in [6, 6.07) is 5.04. The molecule has 18 heavy (non-hydrogen) atoms. The van der Waals surface area contributed by atoms with E-state index in [-0.39, 0.29) is 5.91 Å². The molecule has 1 aliphatic heterocycles. The van der Waals surface area contributed by atoms with Gasteiger partial charge in [-0.2, -0.15) is 11.8 Å². The first-order valence-electron chi connectivity index (χ1n) is 5.69. The number of thioether (sulfide) groups is 1. The molecule has 0 aromatic heterocycles. The van der Waals surface area contributed by atoms with Gasteiger partial charge >= 0.3 is 0 Å². The Bertz CT molecular complexity index is 438. The molecule has 1 saturated heterocycles. The van der Waals surface area contributed by atoms with E-state index in [9.17, 15) is 4.79 Å². The molecule has 6 heteroatoms. The minimum absolute atomic E-state index is 0.0330. The normalized spacial score (nSPS) is 15.2. The van der Waals surface area contributed by atoms with Crippen LogP contribution in [-0.4, -0.2) is 30.1 Å². The van der Waals surface area contributed by atoms with E-state index in [4.69, 9.17) is 22.1 Å². The summed E-state index contributed by atoms with van der Waals surface area (Å²) in [6.07, 6.45) is 0.474. The van der Waals surface area contributed by atoms with Crippen molar-refractivity contribution >= 4 is 40.6 Å². The van der Waals surface area contributed by atoms with Crippen LogP contribution >= 0.6 is 23.4 Å². The lowest BCUT2D eigenvalue weighted by molar-refractivity contribution is -0.115. The zero-order valence-electron chi connectivity index (χ0n) is 9.82. The van der Waals surface area contributed by atoms with Gasteiger partial charge in [-0.05, 0) is 18.2 Å². The predicted octanol–water partition coefficient (Wildman–Crippen LogP) is 2.38. The summed E-state index contributed by atoms with van der Waals surface area (Å²) >= 11 is 7.74. The van der Waals surface area contributed by atoms with Gasteiger partial charge < -0.3 is 15.8 Å². The van der Waals surface area contributed by atoms with Crippen LogP contribution < -0.4 is 11.1 Å². The Morgan fingerprint density at radius 3 is 2.94 bits per heavy atom. The number of nitrogens with two attached hydrogens (primary N) is 1. The first kappa shape index (κ1) is 13.5. The number of nitrogen functional groups attached to an aromatic ring is 1. The number of halogens is 1. The Kier molecular flexibility index (Phi) is 4.74. The molecular formula is C12H15ClN2O2S. The van der Waals surface area contributed by atoms with Gasteiger partial charge in [-0.3, -0.25) is 4.79 Å². The van der Waals surface area contributed by atoms with Gasteiger partial charge in [0.05, 0.1) is 29.2 Å². The molecule has 0 radical (unpaired) electrons. The number of carbonyl (C=O) groups is 1. The maximum atomic E-state index is 11.7. The van der Waals surface area contributed by atoms with E-state index in [0.717, 1.165) is 19.0 Å². The molecule has 1 aliphatic rings. The Balaban J connectivity index is 1.75. The van der Waals surface area contributed by atoms with E-state index in [1.807, 2.05) is 0 Å². The standard InChI is InChI=1S/C12H15ClN2O2S/c13-10-5-8(14)1-2-11(10)15-12(16)3-4-18-9-6-17-7-9/h1-2,5,9H,3-4,6-7,14H2,(H,15,16). The molecular weight excluding hydrogens is 272 g/mol. The van der Waals surface area contributed by atoms with Crippen molar-refractivity contribution in [3.05, 3.63) is 23.2 Å². The van der Waals surface area contributed by atoms with Crippen LogP contribution in [0.4, 0.5) is 11.4 Å². The van der Waals surface area contributed by atoms with Crippen molar-refractivity contribution in [2.24, 2.45) is 0 Å². The highest BCUT2D eigenvalue weighted by molar-refractivity contribution is 8.00. The average Bonchev–Trinajstić information content (AvgIpc) is 2.26. The first-order chi connectivity index (χ1) is 8.65. The van der Waals surface area contributed by atoms with E-state index in [2.05, 4.69) is 5.32 Å². The molecule has 0 aliphatic carbocycles. The summed E-state index contributed by atoms with van der Waals surface area (Å²) < 4.78 is 5.06. The SMILES string of the molecule is Nc1ccc(NC(=O)CCSC2COC2)c(Cl)c1. The molecule has 1 fully saturated rings. The Morgan fingerprint density at radius 2 is 2.33 bits per heavy atom. The topological polar surface area (TPSA) is 64.3 Å².